The Bertz CT molecular complexity index is 34.7. The first-order chi connectivity index (χ1) is 2.73. The Hall–Kier alpha value is 1.59. The van der Waals surface area contributed by atoms with Crippen molar-refractivity contribution in [2.45, 2.75) is 13.8 Å². The number of allylic oxidation sites excluding steroid dienone is 1. The van der Waals surface area contributed by atoms with Gasteiger partial charge < -0.3 is 6.58 Å². The van der Waals surface area contributed by atoms with Crippen LogP contribution in [-0.2, 0) is 12.8 Å². The molecule has 0 spiro atoms. The number of rotatable bonds is 0. The summed E-state index contributed by atoms with van der Waals surface area (Å²) in [5.74, 6) is 0. The van der Waals surface area contributed by atoms with Crippen molar-refractivity contribution < 1.29 is 31.6 Å². The molecule has 0 aromatic rings. The molecule has 0 unspecified atom stereocenters. The number of hydrogen-bond acceptors (Lipinski definition) is 0. The Kier molecular flexibility index (Phi) is 35.4. The van der Waals surface area contributed by atoms with Crippen molar-refractivity contribution in [3.05, 3.63) is 12.2 Å². The van der Waals surface area contributed by atoms with Crippen LogP contribution in [0, 0.1) is 6.58 Å². The van der Waals surface area contributed by atoms with Gasteiger partial charge in [-0.05, 0) is 0 Å². The Balaban J connectivity index is -0.0000000480. The molecule has 0 heterocycles. The first-order valence-electron chi connectivity index (χ1n) is 1.40. The molecule has 42 valence electrons. The summed E-state index contributed by atoms with van der Waals surface area (Å²) in [6.07, 6.45) is 0. The molecule has 0 aliphatic heterocycles. The van der Waals surface area contributed by atoms with Crippen molar-refractivity contribution in [2.24, 2.45) is 0 Å². The number of halogens is 1. The Morgan fingerprint density at radius 3 is 1.43 bits per heavy atom. The molecule has 0 saturated carbocycles. The van der Waals surface area contributed by atoms with E-state index in [1.54, 1.807) is 20.3 Å². The van der Waals surface area contributed by atoms with E-state index in [9.17, 15) is 0 Å². The van der Waals surface area contributed by atoms with Crippen LogP contribution in [0.4, 0.5) is 0 Å². The van der Waals surface area contributed by atoms with Crippen molar-refractivity contribution in [3.63, 3.8) is 0 Å². The van der Waals surface area contributed by atoms with E-state index >= 15 is 0 Å². The van der Waals surface area contributed by atoms with Crippen LogP contribution in [0.1, 0.15) is 13.8 Å². The third-order valence-corrected chi connectivity index (χ3v) is 0. The molecular weight excluding hydrogens is 245 g/mol. The Morgan fingerprint density at radius 1 is 1.43 bits per heavy atom. The fraction of sp³-hybridized carbons (Fsp3) is 0.500. The summed E-state index contributed by atoms with van der Waals surface area (Å²) < 4.78 is 0. The van der Waals surface area contributed by atoms with Gasteiger partial charge in [0.1, 0.15) is 0 Å². The fourth-order valence-corrected chi connectivity index (χ4v) is 0. The van der Waals surface area contributed by atoms with Crippen LogP contribution >= 0.6 is 20.3 Å². The second-order valence-corrected chi connectivity index (χ2v) is 1.08. The molecule has 0 aliphatic carbocycles. The molecule has 0 aromatic carbocycles. The smallest absolute Gasteiger partial charge is 1.00 e. The second kappa shape index (κ2) is 15.6. The molecule has 0 bridgehead atoms. The summed E-state index contributed by atoms with van der Waals surface area (Å²) in [4.78, 5) is 0. The van der Waals surface area contributed by atoms with Gasteiger partial charge in [-0.1, -0.05) is 13.8 Å². The zero-order valence-electron chi connectivity index (χ0n) is 4.76. The van der Waals surface area contributed by atoms with Crippen molar-refractivity contribution in [1.29, 1.82) is 0 Å². The molecule has 3 heteroatoms. The van der Waals surface area contributed by atoms with Gasteiger partial charge in [-0.2, -0.15) is 0 Å². The topological polar surface area (TPSA) is 0 Å². The van der Waals surface area contributed by atoms with E-state index < -0.39 is 0 Å². The average molecular weight is 252 g/mol. The molecule has 0 fully saturated rings. The zero-order valence-corrected chi connectivity index (χ0v) is 7.86. The van der Waals surface area contributed by atoms with Gasteiger partial charge in [0.05, 0.1) is 0 Å². The Morgan fingerprint density at radius 2 is 1.43 bits per heavy atom. The van der Waals surface area contributed by atoms with Gasteiger partial charge in [-0.25, -0.2) is 0 Å². The van der Waals surface area contributed by atoms with E-state index in [0.717, 1.165) is 5.57 Å². The fourth-order valence-electron chi connectivity index (χ4n) is 0. The van der Waals surface area contributed by atoms with Crippen LogP contribution in [0.15, 0.2) is 5.57 Å². The maximum absolute atomic E-state index is 5.03. The Labute approximate surface area is 77.2 Å². The number of hydrogen-bond donors (Lipinski definition) is 0. The molecule has 0 aliphatic rings. The van der Waals surface area contributed by atoms with E-state index in [1.807, 2.05) is 13.8 Å². The first kappa shape index (κ1) is 15.8. The molecule has 0 saturated heterocycles. The van der Waals surface area contributed by atoms with Gasteiger partial charge in [0.2, 0.25) is 0 Å². The minimum atomic E-state index is 0. The van der Waals surface area contributed by atoms with Gasteiger partial charge in [0.15, 0.2) is 0 Å². The third kappa shape index (κ3) is 94.0. The van der Waals surface area contributed by atoms with Gasteiger partial charge in [0.25, 0.3) is 0 Å². The quantitative estimate of drug-likeness (QED) is 0.303. The van der Waals surface area contributed by atoms with Crippen molar-refractivity contribution >= 4 is 20.3 Å². The van der Waals surface area contributed by atoms with Gasteiger partial charge >= 0.3 is 52.0 Å². The van der Waals surface area contributed by atoms with Crippen molar-refractivity contribution in [3.8, 4) is 0 Å². The molecule has 0 aromatic heterocycles. The van der Waals surface area contributed by atoms with Gasteiger partial charge in [-0.15, -0.1) is 0 Å². The van der Waals surface area contributed by atoms with Gasteiger partial charge in [0, 0.05) is 0 Å². The predicted molar refractivity (Wildman–Crippen MR) is 33.2 cm³/mol. The largest absolute Gasteiger partial charge is 1.00 e. The van der Waals surface area contributed by atoms with Crippen LogP contribution in [0.25, 0.3) is 0 Å². The van der Waals surface area contributed by atoms with E-state index in [4.69, 9.17) is 6.58 Å². The summed E-state index contributed by atoms with van der Waals surface area (Å²) in [6.45, 7) is 8.75. The molecule has 0 nitrogen and oxygen atoms in total. The SMILES string of the molecule is [CH-]=C(C)C.[Cu][I].[Li+]. The molecule has 0 radical (unpaired) electrons. The zero-order chi connectivity index (χ0) is 5.58. The van der Waals surface area contributed by atoms with Crippen LogP contribution in [0.2, 0.25) is 0 Å². The van der Waals surface area contributed by atoms with E-state index in [-0.39, 0.29) is 18.9 Å². The average Bonchev–Trinajstić information content (AvgIpc) is 1.41. The van der Waals surface area contributed by atoms with E-state index in [0.29, 0.717) is 0 Å². The molecular formula is C4H7CuILi. The monoisotopic (exact) mass is 252 g/mol. The molecule has 0 N–H and O–H groups in total. The third-order valence-electron chi connectivity index (χ3n) is 0. The van der Waals surface area contributed by atoms with Crippen LogP contribution in [0.3, 0.4) is 0 Å². The molecule has 0 atom stereocenters. The van der Waals surface area contributed by atoms with Crippen LogP contribution < -0.4 is 18.9 Å². The van der Waals surface area contributed by atoms with Crippen molar-refractivity contribution in [2.75, 3.05) is 0 Å². The van der Waals surface area contributed by atoms with Crippen LogP contribution in [-0.4, -0.2) is 0 Å². The summed E-state index contributed by atoms with van der Waals surface area (Å²) in [6, 6.07) is 0. The summed E-state index contributed by atoms with van der Waals surface area (Å²) in [5.41, 5.74) is 0.917. The molecule has 0 rings (SSSR count). The van der Waals surface area contributed by atoms with E-state index in [1.165, 1.54) is 0 Å². The minimum absolute atomic E-state index is 0. The predicted octanol–water partition coefficient (Wildman–Crippen LogP) is -0.727. The molecule has 0 amide bonds. The first-order valence-corrected chi connectivity index (χ1v) is 4.44. The summed E-state index contributed by atoms with van der Waals surface area (Å²) in [7, 11) is 0. The van der Waals surface area contributed by atoms with E-state index in [2.05, 4.69) is 12.8 Å². The summed E-state index contributed by atoms with van der Waals surface area (Å²) >= 11 is 5.87. The van der Waals surface area contributed by atoms with Crippen molar-refractivity contribution in [1.82, 2.24) is 0 Å². The minimum Gasteiger partial charge on any atom is 1.00 e. The normalized spacial score (nSPS) is 4.71. The maximum Gasteiger partial charge on any atom is 1.00 e. The van der Waals surface area contributed by atoms with Crippen LogP contribution in [0.5, 0.6) is 0 Å². The second-order valence-electron chi connectivity index (χ2n) is 1.08. The summed E-state index contributed by atoms with van der Waals surface area (Å²) in [5, 5.41) is 0. The van der Waals surface area contributed by atoms with Gasteiger partial charge in [-0.3, -0.25) is 5.57 Å². The molecule has 7 heavy (non-hydrogen) atoms. The standard InChI is InChI=1S/C4H7.Cu.HI.Li/c1-4(2)3;;;/h1H,2-3H3;;1H;/q-1;+1;;+1/p-1. The maximum atomic E-state index is 5.03.